The Bertz CT molecular complexity index is 663. The van der Waals surface area contributed by atoms with Crippen LogP contribution in [0.2, 0.25) is 0 Å². The molecule has 0 bridgehead atoms. The fraction of sp³-hybridized carbons (Fsp3) is 0.591. The topological polar surface area (TPSA) is 55.3 Å². The molecule has 0 amide bonds. The molecule has 2 heterocycles. The van der Waals surface area contributed by atoms with Crippen molar-refractivity contribution in [3.05, 3.63) is 29.8 Å². The third-order valence-corrected chi connectivity index (χ3v) is 5.02. The van der Waals surface area contributed by atoms with Gasteiger partial charge in [0.15, 0.2) is 5.96 Å². The molecule has 1 aromatic rings. The van der Waals surface area contributed by atoms with E-state index in [4.69, 9.17) is 25.6 Å². The lowest BCUT2D eigenvalue weighted by molar-refractivity contribution is -0.0817. The molecule has 152 valence electrons. The number of rotatable bonds is 7. The lowest BCUT2D eigenvalue weighted by Crippen LogP contribution is -2.53. The molecule has 0 aromatic heterocycles. The van der Waals surface area contributed by atoms with Crippen LogP contribution in [0.4, 0.5) is 0 Å². The minimum atomic E-state index is 0.135. The number of hydrogen-bond acceptors (Lipinski definition) is 4. The van der Waals surface area contributed by atoms with Crippen molar-refractivity contribution in [1.29, 1.82) is 0 Å². The molecule has 2 atom stereocenters. The maximum Gasteiger partial charge on any atom is 0.194 e. The van der Waals surface area contributed by atoms with E-state index in [2.05, 4.69) is 35.2 Å². The Hall–Kier alpha value is -2.23. The summed E-state index contributed by atoms with van der Waals surface area (Å²) in [6.45, 7) is 7.23. The van der Waals surface area contributed by atoms with Gasteiger partial charge in [0.25, 0.3) is 0 Å². The number of aliphatic imine (C=N–C) groups is 1. The van der Waals surface area contributed by atoms with Crippen molar-refractivity contribution < 1.29 is 14.2 Å². The lowest BCUT2D eigenvalue weighted by Gasteiger charge is -2.37. The number of guanidine groups is 1. The minimum absolute atomic E-state index is 0.135. The number of hydrogen-bond donors (Lipinski definition) is 1. The normalized spacial score (nSPS) is 22.7. The van der Waals surface area contributed by atoms with E-state index in [0.717, 1.165) is 63.8 Å². The summed E-state index contributed by atoms with van der Waals surface area (Å²) in [6.07, 6.45) is 8.67. The summed E-state index contributed by atoms with van der Waals surface area (Å²) in [5.74, 6) is 4.23. The highest BCUT2D eigenvalue weighted by Crippen LogP contribution is 2.21. The number of benzene rings is 1. The molecular weight excluding hydrogens is 354 g/mol. The Morgan fingerprint density at radius 3 is 2.82 bits per heavy atom. The smallest absolute Gasteiger partial charge is 0.194 e. The summed E-state index contributed by atoms with van der Waals surface area (Å²) in [6, 6.07) is 8.04. The van der Waals surface area contributed by atoms with Gasteiger partial charge in [0, 0.05) is 32.8 Å². The van der Waals surface area contributed by atoms with Crippen LogP contribution in [-0.2, 0) is 15.9 Å². The summed E-state index contributed by atoms with van der Waals surface area (Å²) in [5, 5.41) is 3.42. The monoisotopic (exact) mass is 385 g/mol. The highest BCUT2D eigenvalue weighted by atomic mass is 16.5. The second kappa shape index (κ2) is 10.9. The number of nitrogens with zero attached hydrogens (tertiary/aromatic N) is 2. The average Bonchev–Trinajstić information content (AvgIpc) is 3.28. The molecule has 2 unspecified atom stereocenters. The molecule has 2 aliphatic heterocycles. The predicted molar refractivity (Wildman–Crippen MR) is 111 cm³/mol. The van der Waals surface area contributed by atoms with E-state index in [1.165, 1.54) is 5.56 Å². The number of ether oxygens (including phenoxy) is 3. The van der Waals surface area contributed by atoms with Gasteiger partial charge >= 0.3 is 0 Å². The van der Waals surface area contributed by atoms with Crippen molar-refractivity contribution in [2.45, 2.75) is 38.4 Å². The Morgan fingerprint density at radius 2 is 2.11 bits per heavy atom. The van der Waals surface area contributed by atoms with E-state index in [-0.39, 0.29) is 12.2 Å². The highest BCUT2D eigenvalue weighted by molar-refractivity contribution is 5.80. The van der Waals surface area contributed by atoms with Crippen LogP contribution in [-0.4, -0.2) is 69.1 Å². The summed E-state index contributed by atoms with van der Waals surface area (Å²) >= 11 is 0. The second-order valence-electron chi connectivity index (χ2n) is 7.03. The van der Waals surface area contributed by atoms with Crippen molar-refractivity contribution in [2.75, 3.05) is 46.0 Å². The molecule has 0 spiro atoms. The first-order valence-corrected chi connectivity index (χ1v) is 10.2. The van der Waals surface area contributed by atoms with Crippen molar-refractivity contribution in [3.63, 3.8) is 0 Å². The Morgan fingerprint density at radius 1 is 1.29 bits per heavy atom. The van der Waals surface area contributed by atoms with E-state index in [1.54, 1.807) is 0 Å². The SMILES string of the molecule is C#CCOc1ccc(CCN=C(NCC)N2CCOC(C3CCCO3)C2)cc1. The molecule has 2 fully saturated rings. The maximum atomic E-state index is 5.96. The quantitative estimate of drug-likeness (QED) is 0.443. The van der Waals surface area contributed by atoms with Crippen LogP contribution in [0.15, 0.2) is 29.3 Å². The first-order chi connectivity index (χ1) is 13.8. The van der Waals surface area contributed by atoms with E-state index in [1.807, 2.05) is 12.1 Å². The Kier molecular flexibility index (Phi) is 8.01. The van der Waals surface area contributed by atoms with Gasteiger partial charge in [0.2, 0.25) is 0 Å². The average molecular weight is 386 g/mol. The first kappa shape index (κ1) is 20.5. The molecule has 2 aliphatic rings. The molecule has 1 N–H and O–H groups in total. The molecule has 28 heavy (non-hydrogen) atoms. The maximum absolute atomic E-state index is 5.96. The summed E-state index contributed by atoms with van der Waals surface area (Å²) in [4.78, 5) is 7.14. The Balaban J connectivity index is 1.54. The highest BCUT2D eigenvalue weighted by Gasteiger charge is 2.32. The summed E-state index contributed by atoms with van der Waals surface area (Å²) in [7, 11) is 0. The number of morpholine rings is 1. The fourth-order valence-corrected chi connectivity index (χ4v) is 3.58. The van der Waals surface area contributed by atoms with Crippen molar-refractivity contribution in [3.8, 4) is 18.1 Å². The van der Waals surface area contributed by atoms with Gasteiger partial charge < -0.3 is 24.4 Å². The molecular formula is C22H31N3O3. The minimum Gasteiger partial charge on any atom is -0.481 e. The van der Waals surface area contributed by atoms with Crippen LogP contribution in [0.25, 0.3) is 0 Å². The van der Waals surface area contributed by atoms with Gasteiger partial charge in [0.05, 0.1) is 12.7 Å². The first-order valence-electron chi connectivity index (χ1n) is 10.2. The summed E-state index contributed by atoms with van der Waals surface area (Å²) in [5.41, 5.74) is 1.23. The van der Waals surface area contributed by atoms with E-state index >= 15 is 0 Å². The Labute approximate surface area is 168 Å². The van der Waals surface area contributed by atoms with E-state index < -0.39 is 0 Å². The molecule has 0 radical (unpaired) electrons. The third-order valence-electron chi connectivity index (χ3n) is 5.02. The van der Waals surface area contributed by atoms with Gasteiger partial charge in [0.1, 0.15) is 18.5 Å². The van der Waals surface area contributed by atoms with Crippen molar-refractivity contribution >= 4 is 5.96 Å². The van der Waals surface area contributed by atoms with Crippen LogP contribution in [0.5, 0.6) is 5.75 Å². The third kappa shape index (κ3) is 5.88. The van der Waals surface area contributed by atoms with Crippen LogP contribution in [0.1, 0.15) is 25.3 Å². The zero-order chi connectivity index (χ0) is 19.6. The second-order valence-corrected chi connectivity index (χ2v) is 7.03. The van der Waals surface area contributed by atoms with Gasteiger partial charge in [-0.05, 0) is 43.9 Å². The van der Waals surface area contributed by atoms with E-state index in [9.17, 15) is 0 Å². The van der Waals surface area contributed by atoms with Gasteiger partial charge in [-0.1, -0.05) is 18.1 Å². The zero-order valence-electron chi connectivity index (χ0n) is 16.7. The van der Waals surface area contributed by atoms with Gasteiger partial charge in [-0.25, -0.2) is 0 Å². The number of terminal acetylenes is 1. The van der Waals surface area contributed by atoms with Gasteiger partial charge in [-0.2, -0.15) is 0 Å². The lowest BCUT2D eigenvalue weighted by atomic mass is 10.1. The molecule has 2 saturated heterocycles. The fourth-order valence-electron chi connectivity index (χ4n) is 3.58. The zero-order valence-corrected chi connectivity index (χ0v) is 16.7. The predicted octanol–water partition coefficient (Wildman–Crippen LogP) is 2.09. The summed E-state index contributed by atoms with van der Waals surface area (Å²) < 4.78 is 17.2. The largest absolute Gasteiger partial charge is 0.481 e. The van der Waals surface area contributed by atoms with Crippen LogP contribution in [0.3, 0.4) is 0 Å². The molecule has 0 aliphatic carbocycles. The number of nitrogens with one attached hydrogen (secondary N) is 1. The van der Waals surface area contributed by atoms with Crippen LogP contribution >= 0.6 is 0 Å². The van der Waals surface area contributed by atoms with E-state index in [0.29, 0.717) is 13.2 Å². The molecule has 1 aromatic carbocycles. The molecule has 0 saturated carbocycles. The van der Waals surface area contributed by atoms with Crippen molar-refractivity contribution in [1.82, 2.24) is 10.2 Å². The standard InChI is InChI=1S/C22H31N3O3/c1-3-14-26-19-9-7-18(8-10-19)11-12-24-22(23-4-2)25-13-16-28-21(17-25)20-6-5-15-27-20/h1,7-10,20-21H,4-6,11-17H2,2H3,(H,23,24). The van der Waals surface area contributed by atoms with Crippen LogP contribution in [0, 0.1) is 12.3 Å². The molecule has 6 nitrogen and oxygen atoms in total. The molecule has 3 rings (SSSR count). The van der Waals surface area contributed by atoms with Gasteiger partial charge in [-0.15, -0.1) is 6.42 Å². The van der Waals surface area contributed by atoms with Gasteiger partial charge in [-0.3, -0.25) is 4.99 Å². The van der Waals surface area contributed by atoms with Crippen molar-refractivity contribution in [2.24, 2.45) is 4.99 Å². The molecule has 6 heteroatoms. The van der Waals surface area contributed by atoms with Crippen LogP contribution < -0.4 is 10.1 Å².